The lowest BCUT2D eigenvalue weighted by Crippen LogP contribution is -2.65. The van der Waals surface area contributed by atoms with Crippen LogP contribution in [-0.4, -0.2) is 116 Å². The van der Waals surface area contributed by atoms with Crippen LogP contribution in [0.25, 0.3) is 0 Å². The van der Waals surface area contributed by atoms with Crippen molar-refractivity contribution >= 4 is 42.6 Å². The third-order valence-electron chi connectivity index (χ3n) is 13.6. The van der Waals surface area contributed by atoms with E-state index in [9.17, 15) is 33.9 Å². The molecule has 2 bridgehead atoms. The number of nitrogens with one attached hydrogen (secondary N) is 6. The summed E-state index contributed by atoms with van der Waals surface area (Å²) in [7, 11) is -0.664. The predicted molar refractivity (Wildman–Crippen MR) is 248 cm³/mol. The second-order valence-electron chi connectivity index (χ2n) is 19.1. The highest BCUT2D eigenvalue weighted by molar-refractivity contribution is 6.47. The van der Waals surface area contributed by atoms with Crippen LogP contribution < -0.4 is 43.4 Å². The fourth-order valence-electron chi connectivity index (χ4n) is 9.39. The molecule has 2 unspecified atom stereocenters. The number of hydrogen-bond donors (Lipinski definition) is 9. The quantitative estimate of drug-likeness (QED) is 0.0262. The minimum atomic E-state index is -1.59. The summed E-state index contributed by atoms with van der Waals surface area (Å²) in [4.78, 5) is 79.3. The minimum absolute atomic E-state index is 0.0661. The van der Waals surface area contributed by atoms with E-state index >= 15 is 0 Å². The summed E-state index contributed by atoms with van der Waals surface area (Å²) >= 11 is 0. The molecule has 364 valence electrons. The number of rotatable bonds is 33. The lowest BCUT2D eigenvalue weighted by atomic mass is 9.43. The van der Waals surface area contributed by atoms with Gasteiger partial charge in [0.15, 0.2) is 0 Å². The molecule has 0 aromatic rings. The van der Waals surface area contributed by atoms with Crippen LogP contribution in [0.2, 0.25) is 0 Å². The fraction of sp³-hybridized carbons (Fsp3) is 0.826. The monoisotopic (exact) mass is 903 g/mol. The van der Waals surface area contributed by atoms with Gasteiger partial charge in [0.25, 0.3) is 0 Å². The average molecular weight is 903 g/mol. The van der Waals surface area contributed by atoms with E-state index < -0.39 is 84.8 Å². The Hall–Kier alpha value is -3.58. The molecule has 1 heterocycles. The Bertz CT molecular complexity index is 1540. The van der Waals surface area contributed by atoms with Gasteiger partial charge in [0.2, 0.25) is 29.5 Å². The van der Waals surface area contributed by atoms with Crippen molar-refractivity contribution in [3.05, 3.63) is 12.2 Å². The summed E-state index contributed by atoms with van der Waals surface area (Å²) in [6.07, 6.45) is 17.6. The lowest BCUT2D eigenvalue weighted by Gasteiger charge is -2.64. The van der Waals surface area contributed by atoms with Crippen LogP contribution >= 0.6 is 0 Å². The van der Waals surface area contributed by atoms with Crippen molar-refractivity contribution in [2.45, 2.75) is 199 Å². The smallest absolute Gasteiger partial charge is 0.481 e. The highest BCUT2D eigenvalue weighted by atomic mass is 16.7. The van der Waals surface area contributed by atoms with E-state index in [0.717, 1.165) is 45.1 Å². The molecule has 17 nitrogen and oxygen atoms in total. The predicted octanol–water partition coefficient (Wildman–Crippen LogP) is 3.13. The van der Waals surface area contributed by atoms with Crippen molar-refractivity contribution in [2.75, 3.05) is 26.2 Å². The van der Waals surface area contributed by atoms with Crippen molar-refractivity contribution < 1.29 is 43.2 Å². The second kappa shape index (κ2) is 27.8. The van der Waals surface area contributed by atoms with Gasteiger partial charge in [-0.3, -0.25) is 28.8 Å². The molecular weight excluding hydrogens is 819 g/mol. The summed E-state index contributed by atoms with van der Waals surface area (Å²) in [6, 6.07) is -4.98. The summed E-state index contributed by atoms with van der Waals surface area (Å²) in [5.41, 5.74) is 11.0. The van der Waals surface area contributed by atoms with Gasteiger partial charge >= 0.3 is 13.1 Å². The van der Waals surface area contributed by atoms with Crippen LogP contribution in [0.4, 0.5) is 0 Å². The first-order valence-corrected chi connectivity index (χ1v) is 24.3. The number of hydrogen-bond acceptors (Lipinski definition) is 11. The third kappa shape index (κ3) is 17.0. The maximum absolute atomic E-state index is 13.8. The maximum atomic E-state index is 13.8. The van der Waals surface area contributed by atoms with E-state index in [1.54, 1.807) is 6.08 Å². The fourth-order valence-corrected chi connectivity index (χ4v) is 9.39. The highest BCUT2D eigenvalue weighted by Gasteiger charge is 2.68. The average Bonchev–Trinajstić information content (AvgIpc) is 3.62. The number of carbonyl (C=O) groups excluding carboxylic acids is 5. The highest BCUT2D eigenvalue weighted by Crippen LogP contribution is 2.65. The van der Waals surface area contributed by atoms with Gasteiger partial charge in [-0.25, -0.2) is 0 Å². The molecule has 5 amide bonds. The Kier molecular flexibility index (Phi) is 23.8. The minimum Gasteiger partial charge on any atom is -0.481 e. The summed E-state index contributed by atoms with van der Waals surface area (Å²) in [5, 5.41) is 26.4. The summed E-state index contributed by atoms with van der Waals surface area (Å²) in [6.45, 7) is 14.2. The lowest BCUT2D eigenvalue weighted by molar-refractivity contribution is -0.199. The van der Waals surface area contributed by atoms with E-state index in [1.807, 2.05) is 6.92 Å². The zero-order valence-electron chi connectivity index (χ0n) is 39.8. The molecule has 4 fully saturated rings. The molecular formula is C46H83BN8O9. The van der Waals surface area contributed by atoms with Crippen molar-refractivity contribution in [1.82, 2.24) is 31.9 Å². The SMILES string of the molecule is CCCCCCCCCCNCCC(=O)NC(/C=C/CCCN)C(=O)N[C@@H](CC(=O)O)C(=O)N[C@@H](C)C(=O)N[C@@H](CCCCCN)C(=O)N[C@@H](C)B1OC2C[C@@H]3C[C@@H](C3(C)C)[C@]2(C)O1. The van der Waals surface area contributed by atoms with Gasteiger partial charge in [-0.15, -0.1) is 0 Å². The van der Waals surface area contributed by atoms with Gasteiger partial charge in [-0.05, 0) is 103 Å². The molecule has 3 saturated carbocycles. The maximum Gasteiger partial charge on any atom is 0.481 e. The molecule has 11 N–H and O–H groups in total. The molecule has 3 aliphatic carbocycles. The number of carboxylic acids is 1. The molecule has 0 spiro atoms. The number of carbonyl (C=O) groups is 6. The van der Waals surface area contributed by atoms with Gasteiger partial charge in [0.1, 0.15) is 24.2 Å². The number of carboxylic acid groups (broad SMARTS) is 1. The Labute approximate surface area is 382 Å². The topological polar surface area (TPSA) is 265 Å². The Morgan fingerprint density at radius 2 is 1.39 bits per heavy atom. The van der Waals surface area contributed by atoms with Crippen LogP contribution in [0.15, 0.2) is 12.2 Å². The number of nitrogens with two attached hydrogens (primary N) is 2. The first kappa shape index (κ1) is 54.8. The normalized spacial score (nSPS) is 23.2. The zero-order chi connectivity index (χ0) is 47.3. The third-order valence-corrected chi connectivity index (χ3v) is 13.6. The van der Waals surface area contributed by atoms with Crippen molar-refractivity contribution in [3.63, 3.8) is 0 Å². The Morgan fingerprint density at radius 3 is 2.05 bits per heavy atom. The van der Waals surface area contributed by atoms with Gasteiger partial charge in [-0.1, -0.05) is 90.7 Å². The first-order valence-electron chi connectivity index (χ1n) is 24.3. The number of unbranched alkanes of at least 4 members (excludes halogenated alkanes) is 10. The first-order chi connectivity index (χ1) is 30.5. The Morgan fingerprint density at radius 1 is 0.750 bits per heavy atom. The molecule has 1 saturated heterocycles. The number of amides is 5. The second-order valence-corrected chi connectivity index (χ2v) is 19.1. The van der Waals surface area contributed by atoms with Crippen molar-refractivity contribution in [2.24, 2.45) is 28.7 Å². The summed E-state index contributed by atoms with van der Waals surface area (Å²) in [5.74, 6) is -4.22. The van der Waals surface area contributed by atoms with E-state index in [4.69, 9.17) is 20.8 Å². The standard InChI is InChI=1S/C46H83BN8O9/c1-7-8-9-10-11-12-13-20-26-50-27-23-39(56)53-34(21-16-14-18-24-48)43(61)55-36(30-40(57)58)44(62)51-31(2)41(59)54-35(22-17-15-19-25-49)42(60)52-32(3)47-63-38-29-33-28-37(45(33,4)5)46(38,6)64-47/h16,21,31-38,50H,7-15,17-20,22-30,48-49H2,1-6H3,(H,51,62)(H,52,60)(H,53,56)(H,54,59)(H,55,61)(H,57,58)/b21-16+/t31-,32-,33-,34?,35-,36-,37-,38?,46-/m0/s1. The van der Waals surface area contributed by atoms with Gasteiger partial charge in [0.05, 0.1) is 24.1 Å². The molecule has 18 heteroatoms. The van der Waals surface area contributed by atoms with E-state index in [2.05, 4.69) is 59.6 Å². The van der Waals surface area contributed by atoms with E-state index in [-0.39, 0.29) is 17.9 Å². The van der Waals surface area contributed by atoms with Crippen LogP contribution in [0.1, 0.15) is 157 Å². The van der Waals surface area contributed by atoms with Crippen LogP contribution in [0.3, 0.4) is 0 Å². The Balaban J connectivity index is 1.57. The molecule has 0 aromatic heterocycles. The molecule has 4 rings (SSSR count). The molecule has 9 atom stereocenters. The van der Waals surface area contributed by atoms with E-state index in [1.165, 1.54) is 51.5 Å². The largest absolute Gasteiger partial charge is 0.481 e. The van der Waals surface area contributed by atoms with Crippen LogP contribution in [-0.2, 0) is 38.1 Å². The van der Waals surface area contributed by atoms with Gasteiger partial charge in [-0.2, -0.15) is 0 Å². The van der Waals surface area contributed by atoms with Crippen molar-refractivity contribution in [1.29, 1.82) is 0 Å². The van der Waals surface area contributed by atoms with Crippen LogP contribution in [0, 0.1) is 17.3 Å². The molecule has 1 aliphatic heterocycles. The van der Waals surface area contributed by atoms with Gasteiger partial charge in [0, 0.05) is 13.0 Å². The number of allylic oxidation sites excluding steroid dienone is 1. The zero-order valence-corrected chi connectivity index (χ0v) is 39.8. The molecule has 0 radical (unpaired) electrons. The van der Waals surface area contributed by atoms with Crippen LogP contribution in [0.5, 0.6) is 0 Å². The van der Waals surface area contributed by atoms with E-state index in [0.29, 0.717) is 57.2 Å². The molecule has 0 aromatic carbocycles. The van der Waals surface area contributed by atoms with Gasteiger partial charge < -0.3 is 57.8 Å². The summed E-state index contributed by atoms with van der Waals surface area (Å²) < 4.78 is 12.9. The molecule has 64 heavy (non-hydrogen) atoms. The molecule has 4 aliphatic rings. The number of aliphatic carboxylic acids is 1. The van der Waals surface area contributed by atoms with Crippen molar-refractivity contribution in [3.8, 4) is 0 Å².